The number of aliphatic hydroxyl groups is 1. The smallest absolute Gasteiger partial charge is 0.0537 e. The summed E-state index contributed by atoms with van der Waals surface area (Å²) in [6.45, 7) is 12.4. The molecule has 0 heterocycles. The SMILES string of the molecule is CC.CCCC(O)CC.CCc1ccc(C)cc1. The minimum atomic E-state index is -0.0509. The monoisotopic (exact) mass is 252 g/mol. The van der Waals surface area contributed by atoms with E-state index >= 15 is 0 Å². The van der Waals surface area contributed by atoms with Crippen LogP contribution >= 0.6 is 0 Å². The van der Waals surface area contributed by atoms with Gasteiger partial charge in [0.05, 0.1) is 6.10 Å². The Morgan fingerprint density at radius 3 is 1.78 bits per heavy atom. The van der Waals surface area contributed by atoms with Crippen LogP contribution in [0.3, 0.4) is 0 Å². The van der Waals surface area contributed by atoms with Gasteiger partial charge in [0, 0.05) is 0 Å². The Morgan fingerprint density at radius 1 is 1.00 bits per heavy atom. The molecule has 1 N–H and O–H groups in total. The maximum absolute atomic E-state index is 8.86. The Labute approximate surface area is 114 Å². The van der Waals surface area contributed by atoms with Crippen molar-refractivity contribution < 1.29 is 5.11 Å². The highest BCUT2D eigenvalue weighted by atomic mass is 16.3. The molecule has 0 saturated carbocycles. The largest absolute Gasteiger partial charge is 0.393 e. The van der Waals surface area contributed by atoms with E-state index in [1.807, 2.05) is 20.8 Å². The van der Waals surface area contributed by atoms with E-state index in [4.69, 9.17) is 5.11 Å². The van der Waals surface area contributed by atoms with Crippen LogP contribution in [0.5, 0.6) is 0 Å². The summed E-state index contributed by atoms with van der Waals surface area (Å²) in [6.07, 6.45) is 4.03. The highest BCUT2D eigenvalue weighted by molar-refractivity contribution is 5.20. The Hall–Kier alpha value is -0.820. The maximum Gasteiger partial charge on any atom is 0.0537 e. The molecule has 0 bridgehead atoms. The molecule has 1 aromatic rings. The van der Waals surface area contributed by atoms with Gasteiger partial charge in [0.15, 0.2) is 0 Å². The molecule has 0 spiro atoms. The van der Waals surface area contributed by atoms with Gasteiger partial charge in [-0.2, -0.15) is 0 Å². The number of rotatable bonds is 4. The van der Waals surface area contributed by atoms with E-state index in [-0.39, 0.29) is 6.10 Å². The summed E-state index contributed by atoms with van der Waals surface area (Å²) >= 11 is 0. The number of hydrogen-bond donors (Lipinski definition) is 1. The second kappa shape index (κ2) is 14.2. The molecular formula is C17H32O. The van der Waals surface area contributed by atoms with Crippen molar-refractivity contribution in [3.63, 3.8) is 0 Å². The fourth-order valence-electron chi connectivity index (χ4n) is 1.36. The van der Waals surface area contributed by atoms with E-state index in [9.17, 15) is 0 Å². The molecular weight excluding hydrogens is 220 g/mol. The van der Waals surface area contributed by atoms with E-state index < -0.39 is 0 Å². The number of aliphatic hydroxyl groups excluding tert-OH is 1. The van der Waals surface area contributed by atoms with E-state index in [0.717, 1.165) is 25.7 Å². The molecule has 1 heteroatoms. The third kappa shape index (κ3) is 11.7. The highest BCUT2D eigenvalue weighted by Gasteiger charge is 1.94. The van der Waals surface area contributed by atoms with Gasteiger partial charge >= 0.3 is 0 Å². The summed E-state index contributed by atoms with van der Waals surface area (Å²) in [6, 6.07) is 8.66. The Kier molecular flexibility index (Phi) is 15.4. The van der Waals surface area contributed by atoms with E-state index in [1.165, 1.54) is 11.1 Å². The average molecular weight is 252 g/mol. The van der Waals surface area contributed by atoms with Crippen LogP contribution < -0.4 is 0 Å². The molecule has 0 aliphatic rings. The van der Waals surface area contributed by atoms with Crippen molar-refractivity contribution >= 4 is 0 Å². The van der Waals surface area contributed by atoms with Crippen LogP contribution in [-0.2, 0) is 6.42 Å². The van der Waals surface area contributed by atoms with E-state index in [0.29, 0.717) is 0 Å². The van der Waals surface area contributed by atoms with Crippen LogP contribution in [0, 0.1) is 6.92 Å². The third-order valence-corrected chi connectivity index (χ3v) is 2.62. The second-order valence-electron chi connectivity index (χ2n) is 4.19. The minimum Gasteiger partial charge on any atom is -0.393 e. The van der Waals surface area contributed by atoms with Crippen molar-refractivity contribution in [2.75, 3.05) is 0 Å². The van der Waals surface area contributed by atoms with E-state index in [2.05, 4.69) is 45.0 Å². The fourth-order valence-corrected chi connectivity index (χ4v) is 1.36. The lowest BCUT2D eigenvalue weighted by atomic mass is 10.1. The lowest BCUT2D eigenvalue weighted by Crippen LogP contribution is -2.01. The third-order valence-electron chi connectivity index (χ3n) is 2.62. The molecule has 0 aromatic heterocycles. The lowest BCUT2D eigenvalue weighted by Gasteiger charge is -2.01. The molecule has 1 atom stereocenters. The summed E-state index contributed by atoms with van der Waals surface area (Å²) in [5.41, 5.74) is 2.76. The molecule has 0 saturated heterocycles. The molecule has 1 unspecified atom stereocenters. The summed E-state index contributed by atoms with van der Waals surface area (Å²) < 4.78 is 0. The summed E-state index contributed by atoms with van der Waals surface area (Å²) in [5.74, 6) is 0. The summed E-state index contributed by atoms with van der Waals surface area (Å²) in [7, 11) is 0. The van der Waals surface area contributed by atoms with Crippen LogP contribution in [0.25, 0.3) is 0 Å². The lowest BCUT2D eigenvalue weighted by molar-refractivity contribution is 0.159. The van der Waals surface area contributed by atoms with Crippen molar-refractivity contribution in [1.29, 1.82) is 0 Å². The quantitative estimate of drug-likeness (QED) is 0.786. The van der Waals surface area contributed by atoms with Gasteiger partial charge in [0.25, 0.3) is 0 Å². The molecule has 1 rings (SSSR count). The molecule has 0 aliphatic heterocycles. The van der Waals surface area contributed by atoms with Crippen LogP contribution in [0.2, 0.25) is 0 Å². The second-order valence-corrected chi connectivity index (χ2v) is 4.19. The van der Waals surface area contributed by atoms with E-state index in [1.54, 1.807) is 0 Å². The van der Waals surface area contributed by atoms with Crippen LogP contribution in [0.4, 0.5) is 0 Å². The molecule has 0 aliphatic carbocycles. The van der Waals surface area contributed by atoms with Crippen molar-refractivity contribution in [1.82, 2.24) is 0 Å². The maximum atomic E-state index is 8.86. The van der Waals surface area contributed by atoms with Crippen LogP contribution in [-0.4, -0.2) is 11.2 Å². The summed E-state index contributed by atoms with van der Waals surface area (Å²) in [4.78, 5) is 0. The predicted octanol–water partition coefficient (Wildman–Crippen LogP) is 5.14. The number of hydrogen-bond acceptors (Lipinski definition) is 1. The van der Waals surface area contributed by atoms with Gasteiger partial charge in [-0.3, -0.25) is 0 Å². The molecule has 18 heavy (non-hydrogen) atoms. The van der Waals surface area contributed by atoms with Gasteiger partial charge in [0.2, 0.25) is 0 Å². The topological polar surface area (TPSA) is 20.2 Å². The Balaban J connectivity index is 0. The first-order valence-corrected chi connectivity index (χ1v) is 7.37. The molecule has 0 fully saturated rings. The first-order chi connectivity index (χ1) is 8.63. The van der Waals surface area contributed by atoms with Gasteiger partial charge in [-0.1, -0.05) is 70.9 Å². The summed E-state index contributed by atoms with van der Waals surface area (Å²) in [5, 5.41) is 8.86. The van der Waals surface area contributed by atoms with Crippen molar-refractivity contribution in [2.24, 2.45) is 0 Å². The highest BCUT2D eigenvalue weighted by Crippen LogP contribution is 2.02. The molecule has 1 aromatic carbocycles. The molecule has 1 nitrogen and oxygen atoms in total. The Morgan fingerprint density at radius 2 is 1.50 bits per heavy atom. The first kappa shape index (κ1) is 19.5. The van der Waals surface area contributed by atoms with Gasteiger partial charge in [-0.05, 0) is 31.7 Å². The van der Waals surface area contributed by atoms with Crippen molar-refractivity contribution in [2.45, 2.75) is 73.3 Å². The number of benzene rings is 1. The van der Waals surface area contributed by atoms with Gasteiger partial charge < -0.3 is 5.11 Å². The Bertz CT molecular complexity index is 251. The zero-order valence-corrected chi connectivity index (χ0v) is 13.2. The molecule has 0 radical (unpaired) electrons. The zero-order chi connectivity index (χ0) is 14.4. The number of aryl methyl sites for hydroxylation is 2. The fraction of sp³-hybridized carbons (Fsp3) is 0.647. The predicted molar refractivity (Wildman–Crippen MR) is 83.1 cm³/mol. The van der Waals surface area contributed by atoms with Gasteiger partial charge in [0.1, 0.15) is 0 Å². The average Bonchev–Trinajstić information content (AvgIpc) is 2.43. The molecule has 0 amide bonds. The van der Waals surface area contributed by atoms with Gasteiger partial charge in [-0.25, -0.2) is 0 Å². The zero-order valence-electron chi connectivity index (χ0n) is 13.2. The van der Waals surface area contributed by atoms with Crippen molar-refractivity contribution in [3.05, 3.63) is 35.4 Å². The van der Waals surface area contributed by atoms with Crippen molar-refractivity contribution in [3.8, 4) is 0 Å². The normalized spacial score (nSPS) is 10.6. The standard InChI is InChI=1S/C9H12.C6H14O.C2H6/c1-3-9-6-4-8(2)5-7-9;1-3-5-6(7)4-2;1-2/h4-7H,3H2,1-2H3;6-7H,3-5H2,1-2H3;1-2H3. The van der Waals surface area contributed by atoms with Crippen LogP contribution in [0.1, 0.15) is 65.0 Å². The van der Waals surface area contributed by atoms with Crippen LogP contribution in [0.15, 0.2) is 24.3 Å². The minimum absolute atomic E-state index is 0.0509. The first-order valence-electron chi connectivity index (χ1n) is 7.37. The van der Waals surface area contributed by atoms with Gasteiger partial charge in [-0.15, -0.1) is 0 Å². The molecule has 106 valence electrons.